The van der Waals surface area contributed by atoms with Gasteiger partial charge in [-0.15, -0.1) is 0 Å². The molecule has 110 valence electrons. The Balaban J connectivity index is 2.31. The monoisotopic (exact) mass is 288 g/mol. The number of nitrogens with one attached hydrogen (secondary N) is 1. The third kappa shape index (κ3) is 3.37. The van der Waals surface area contributed by atoms with Crippen LogP contribution in [0.4, 0.5) is 15.8 Å². The highest BCUT2D eigenvalue weighted by atomic mass is 19.1. The zero-order valence-corrected chi connectivity index (χ0v) is 12.2. The van der Waals surface area contributed by atoms with Crippen LogP contribution in [0.2, 0.25) is 0 Å². The minimum Gasteiger partial charge on any atom is -0.376 e. The minimum atomic E-state index is -0.535. The van der Waals surface area contributed by atoms with Crippen molar-refractivity contribution < 1.29 is 9.31 Å². The lowest BCUT2D eigenvalue weighted by atomic mass is 10.00. The molecule has 2 rings (SSSR count). The van der Waals surface area contributed by atoms with Gasteiger partial charge in [-0.3, -0.25) is 10.1 Å². The van der Waals surface area contributed by atoms with Gasteiger partial charge in [0.05, 0.1) is 10.6 Å². The van der Waals surface area contributed by atoms with Gasteiger partial charge >= 0.3 is 0 Å². The molecule has 1 N–H and O–H groups in total. The molecule has 0 amide bonds. The summed E-state index contributed by atoms with van der Waals surface area (Å²) in [4.78, 5) is 10.2. The van der Waals surface area contributed by atoms with E-state index >= 15 is 0 Å². The molecule has 0 fully saturated rings. The third-order valence-corrected chi connectivity index (χ3v) is 3.43. The molecule has 1 unspecified atom stereocenters. The number of halogens is 1. The summed E-state index contributed by atoms with van der Waals surface area (Å²) < 4.78 is 13.8. The van der Waals surface area contributed by atoms with Crippen LogP contribution in [-0.4, -0.2) is 4.92 Å². The fourth-order valence-corrected chi connectivity index (χ4v) is 2.27. The predicted octanol–water partition coefficient (Wildman–Crippen LogP) is 4.52. The number of non-ortho nitro benzene ring substituents is 1. The van der Waals surface area contributed by atoms with Crippen LogP contribution in [0.1, 0.15) is 29.7 Å². The van der Waals surface area contributed by atoms with Crippen molar-refractivity contribution in [3.05, 3.63) is 69.0 Å². The maximum Gasteiger partial charge on any atom is 0.271 e. The minimum absolute atomic E-state index is 0.132. The van der Waals surface area contributed by atoms with E-state index in [2.05, 4.69) is 5.32 Å². The van der Waals surface area contributed by atoms with Crippen molar-refractivity contribution in [3.8, 4) is 0 Å². The highest BCUT2D eigenvalue weighted by Gasteiger charge is 2.14. The van der Waals surface area contributed by atoms with Crippen LogP contribution in [0.25, 0.3) is 0 Å². The molecule has 5 heteroatoms. The van der Waals surface area contributed by atoms with E-state index in [0.717, 1.165) is 28.8 Å². The van der Waals surface area contributed by atoms with Gasteiger partial charge in [0, 0.05) is 18.2 Å². The van der Waals surface area contributed by atoms with Gasteiger partial charge in [0.2, 0.25) is 0 Å². The normalized spacial score (nSPS) is 12.0. The van der Waals surface area contributed by atoms with Crippen LogP contribution >= 0.6 is 0 Å². The third-order valence-electron chi connectivity index (χ3n) is 3.43. The van der Waals surface area contributed by atoms with Crippen molar-refractivity contribution in [3.63, 3.8) is 0 Å². The molecule has 0 saturated heterocycles. The maximum absolute atomic E-state index is 13.8. The van der Waals surface area contributed by atoms with Crippen molar-refractivity contribution in [1.29, 1.82) is 0 Å². The summed E-state index contributed by atoms with van der Waals surface area (Å²) in [6.45, 7) is 5.88. The van der Waals surface area contributed by atoms with E-state index < -0.39 is 10.7 Å². The molecule has 0 heterocycles. The van der Waals surface area contributed by atoms with E-state index in [-0.39, 0.29) is 17.4 Å². The molecule has 0 aliphatic rings. The van der Waals surface area contributed by atoms with E-state index in [1.54, 1.807) is 0 Å². The highest BCUT2D eigenvalue weighted by Crippen LogP contribution is 2.27. The molecule has 2 aromatic rings. The quantitative estimate of drug-likeness (QED) is 0.664. The van der Waals surface area contributed by atoms with Gasteiger partial charge in [-0.2, -0.15) is 0 Å². The number of nitro benzene ring substituents is 1. The lowest BCUT2D eigenvalue weighted by Crippen LogP contribution is -2.10. The number of nitrogens with zero attached hydrogens (tertiary/aromatic N) is 1. The van der Waals surface area contributed by atoms with Crippen LogP contribution in [0.15, 0.2) is 36.4 Å². The summed E-state index contributed by atoms with van der Waals surface area (Å²) in [6.07, 6.45) is 0. The number of nitro groups is 1. The van der Waals surface area contributed by atoms with E-state index in [1.165, 1.54) is 6.07 Å². The first-order chi connectivity index (χ1) is 9.88. The summed E-state index contributed by atoms with van der Waals surface area (Å²) in [7, 11) is 0. The number of anilines is 1. The molecule has 4 nitrogen and oxygen atoms in total. The summed E-state index contributed by atoms with van der Waals surface area (Å²) >= 11 is 0. The molecule has 0 saturated carbocycles. The number of hydrogen-bond donors (Lipinski definition) is 1. The highest BCUT2D eigenvalue weighted by molar-refractivity contribution is 5.54. The number of aryl methyl sites for hydroxylation is 2. The van der Waals surface area contributed by atoms with Crippen LogP contribution < -0.4 is 5.32 Å². The molecule has 0 aromatic heterocycles. The lowest BCUT2D eigenvalue weighted by molar-refractivity contribution is -0.384. The topological polar surface area (TPSA) is 55.2 Å². The van der Waals surface area contributed by atoms with Gasteiger partial charge in [0.15, 0.2) is 0 Å². The second-order valence-electron chi connectivity index (χ2n) is 5.15. The van der Waals surface area contributed by atoms with Crippen molar-refractivity contribution in [2.24, 2.45) is 0 Å². The molecular weight excluding hydrogens is 271 g/mol. The Morgan fingerprint density at radius 1 is 1.19 bits per heavy atom. The molecular formula is C16H17FN2O2. The number of rotatable bonds is 4. The standard InChI is InChI=1S/C16H17FN2O2/c1-10-4-5-11(2)14(8-10)12(3)18-16-9-13(19(20)21)6-7-15(16)17/h4-9,12,18H,1-3H3. The Bertz CT molecular complexity index is 686. The van der Waals surface area contributed by atoms with Crippen molar-refractivity contribution >= 4 is 11.4 Å². The van der Waals surface area contributed by atoms with E-state index in [0.29, 0.717) is 0 Å². The lowest BCUT2D eigenvalue weighted by Gasteiger charge is -2.18. The van der Waals surface area contributed by atoms with E-state index in [9.17, 15) is 14.5 Å². The summed E-state index contributed by atoms with van der Waals surface area (Å²) in [6, 6.07) is 9.38. The van der Waals surface area contributed by atoms with Crippen LogP contribution in [0, 0.1) is 29.8 Å². The Labute approximate surface area is 122 Å². The summed E-state index contributed by atoms with van der Waals surface area (Å²) in [5, 5.41) is 13.8. The summed E-state index contributed by atoms with van der Waals surface area (Å²) in [5.41, 5.74) is 3.25. The van der Waals surface area contributed by atoms with Crippen molar-refractivity contribution in [2.75, 3.05) is 5.32 Å². The first-order valence-corrected chi connectivity index (χ1v) is 6.66. The first-order valence-electron chi connectivity index (χ1n) is 6.66. The maximum atomic E-state index is 13.8. The first kappa shape index (κ1) is 15.0. The zero-order chi connectivity index (χ0) is 15.6. The van der Waals surface area contributed by atoms with Gasteiger partial charge in [0.1, 0.15) is 5.82 Å². The Morgan fingerprint density at radius 2 is 1.90 bits per heavy atom. The van der Waals surface area contributed by atoms with E-state index in [1.807, 2.05) is 39.0 Å². The van der Waals surface area contributed by atoms with E-state index in [4.69, 9.17) is 0 Å². The second-order valence-corrected chi connectivity index (χ2v) is 5.15. The predicted molar refractivity (Wildman–Crippen MR) is 81.0 cm³/mol. The molecule has 0 aliphatic heterocycles. The van der Waals surface area contributed by atoms with Gasteiger partial charge < -0.3 is 5.32 Å². The molecule has 0 spiro atoms. The van der Waals surface area contributed by atoms with Crippen LogP contribution in [0.3, 0.4) is 0 Å². The Hall–Kier alpha value is -2.43. The fourth-order valence-electron chi connectivity index (χ4n) is 2.27. The molecule has 21 heavy (non-hydrogen) atoms. The molecule has 1 atom stereocenters. The summed E-state index contributed by atoms with van der Waals surface area (Å²) in [5.74, 6) is -0.502. The molecule has 2 aromatic carbocycles. The van der Waals surface area contributed by atoms with Crippen LogP contribution in [-0.2, 0) is 0 Å². The SMILES string of the molecule is Cc1ccc(C)c(C(C)Nc2cc([N+](=O)[O-])ccc2F)c1. The molecule has 0 radical (unpaired) electrons. The number of hydrogen-bond acceptors (Lipinski definition) is 3. The Kier molecular flexibility index (Phi) is 4.21. The molecule has 0 bridgehead atoms. The fraction of sp³-hybridized carbons (Fsp3) is 0.250. The van der Waals surface area contributed by atoms with Crippen LogP contribution in [0.5, 0.6) is 0 Å². The van der Waals surface area contributed by atoms with Gasteiger partial charge in [-0.25, -0.2) is 4.39 Å². The largest absolute Gasteiger partial charge is 0.376 e. The van der Waals surface area contributed by atoms with Crippen molar-refractivity contribution in [2.45, 2.75) is 26.8 Å². The van der Waals surface area contributed by atoms with Gasteiger partial charge in [-0.1, -0.05) is 23.8 Å². The molecule has 0 aliphatic carbocycles. The Morgan fingerprint density at radius 3 is 2.57 bits per heavy atom. The smallest absolute Gasteiger partial charge is 0.271 e. The average Bonchev–Trinajstić information content (AvgIpc) is 2.43. The average molecular weight is 288 g/mol. The van der Waals surface area contributed by atoms with Crippen molar-refractivity contribution in [1.82, 2.24) is 0 Å². The van der Waals surface area contributed by atoms with Gasteiger partial charge in [0.25, 0.3) is 5.69 Å². The number of benzene rings is 2. The zero-order valence-electron chi connectivity index (χ0n) is 12.2. The van der Waals surface area contributed by atoms with Gasteiger partial charge in [-0.05, 0) is 38.0 Å². The second kappa shape index (κ2) is 5.91.